The van der Waals surface area contributed by atoms with Gasteiger partial charge in [0.1, 0.15) is 0 Å². The summed E-state index contributed by atoms with van der Waals surface area (Å²) in [5.74, 6) is 0.203. The molecule has 0 bridgehead atoms. The molecule has 0 aromatic heterocycles. The summed E-state index contributed by atoms with van der Waals surface area (Å²) in [6, 6.07) is 85.0. The number of rotatable bonds is 33. The Bertz CT molecular complexity index is 4940. The number of para-hydroxylation sites is 2. The average molecular weight is 1740 g/mol. The number of anilines is 2. The van der Waals surface area contributed by atoms with Crippen molar-refractivity contribution in [1.82, 2.24) is 51.9 Å². The predicted molar refractivity (Wildman–Crippen MR) is 497 cm³/mol. The molecule has 638 valence electrons. The molecule has 10 aromatic carbocycles. The number of nitrogens with two attached hydrogens (primary N) is 1. The molecule has 13 rings (SSSR count). The van der Waals surface area contributed by atoms with Crippen LogP contribution >= 0.6 is 58.0 Å². The van der Waals surface area contributed by atoms with Crippen LogP contribution in [0.15, 0.2) is 273 Å². The number of hydrogen-bond acceptors (Lipinski definition) is 12. The van der Waals surface area contributed by atoms with Crippen molar-refractivity contribution in [3.05, 3.63) is 348 Å². The Morgan fingerprint density at radius 3 is 1.33 bits per heavy atom. The Labute approximate surface area is 743 Å². The molecule has 3 aliphatic heterocycles. The van der Waals surface area contributed by atoms with Crippen molar-refractivity contribution in [3.8, 4) is 0 Å². The van der Waals surface area contributed by atoms with Crippen LogP contribution in [0.25, 0.3) is 6.08 Å². The van der Waals surface area contributed by atoms with E-state index in [0.29, 0.717) is 140 Å². The van der Waals surface area contributed by atoms with Crippen LogP contribution in [0.4, 0.5) is 11.4 Å². The smallest absolute Gasteiger partial charge is 0.251 e. The molecule has 3 saturated heterocycles. The first kappa shape index (κ1) is 92.4. The number of benzene rings is 10. The van der Waals surface area contributed by atoms with Crippen molar-refractivity contribution in [2.45, 2.75) is 126 Å². The van der Waals surface area contributed by atoms with E-state index in [1.54, 1.807) is 54.6 Å². The first-order chi connectivity index (χ1) is 59.3. The molecule has 0 unspecified atom stereocenters. The summed E-state index contributed by atoms with van der Waals surface area (Å²) in [4.78, 5) is 86.0. The highest BCUT2D eigenvalue weighted by molar-refractivity contribution is 6.42. The third kappa shape index (κ3) is 28.6. The maximum absolute atomic E-state index is 14.1. The summed E-state index contributed by atoms with van der Waals surface area (Å²) in [6.45, 7) is 11.4. The maximum Gasteiger partial charge on any atom is 0.251 e. The first-order valence-corrected chi connectivity index (χ1v) is 44.1. The minimum atomic E-state index is -0.481. The zero-order valence-electron chi connectivity index (χ0n) is 69.2. The van der Waals surface area contributed by atoms with Crippen LogP contribution < -0.4 is 48.3 Å². The fraction of sp³-hybridized carbons (Fsp3) is 0.313. The van der Waals surface area contributed by atoms with Gasteiger partial charge in [-0.2, -0.15) is 0 Å². The van der Waals surface area contributed by atoms with Crippen molar-refractivity contribution in [1.29, 1.82) is 0 Å². The zero-order valence-corrected chi connectivity index (χ0v) is 72.9. The summed E-state index contributed by atoms with van der Waals surface area (Å²) in [6.07, 6.45) is 9.10. The van der Waals surface area contributed by atoms with E-state index in [4.69, 9.17) is 63.7 Å². The minimum absolute atomic E-state index is 0.0306. The average Bonchev–Trinajstić information content (AvgIpc) is 1.77. The van der Waals surface area contributed by atoms with Gasteiger partial charge in [0.25, 0.3) is 11.8 Å². The lowest BCUT2D eigenvalue weighted by Gasteiger charge is -2.29. The first-order valence-electron chi connectivity index (χ1n) is 42.2. The molecule has 3 fully saturated rings. The minimum Gasteiger partial charge on any atom is -0.399 e. The van der Waals surface area contributed by atoms with Crippen LogP contribution in [0, 0.1) is 0 Å². The molecule has 23 heteroatoms. The van der Waals surface area contributed by atoms with E-state index >= 15 is 0 Å². The van der Waals surface area contributed by atoms with Crippen LogP contribution in [-0.4, -0.2) is 158 Å². The second kappa shape index (κ2) is 48.5. The van der Waals surface area contributed by atoms with E-state index in [1.807, 2.05) is 148 Å². The van der Waals surface area contributed by atoms with Crippen LogP contribution in [0.1, 0.15) is 136 Å². The Balaban J connectivity index is 0.000000179. The Morgan fingerprint density at radius 2 is 0.861 bits per heavy atom. The highest BCUT2D eigenvalue weighted by Crippen LogP contribution is 2.31. The molecule has 0 spiro atoms. The van der Waals surface area contributed by atoms with Crippen LogP contribution in [0.3, 0.4) is 0 Å². The summed E-state index contributed by atoms with van der Waals surface area (Å²) >= 11 is 30.2. The molecular formula is C99H111Cl5N12O6. The molecule has 3 aliphatic rings. The second-order valence-corrected chi connectivity index (χ2v) is 33.2. The monoisotopic (exact) mass is 1740 g/mol. The molecular weight excluding hydrogens is 1630 g/mol. The van der Waals surface area contributed by atoms with E-state index in [0.717, 1.165) is 49.0 Å². The quantitative estimate of drug-likeness (QED) is 0.0106. The van der Waals surface area contributed by atoms with Crippen LogP contribution in [0.2, 0.25) is 25.1 Å². The highest BCUT2D eigenvalue weighted by Gasteiger charge is 2.36. The summed E-state index contributed by atoms with van der Waals surface area (Å²) in [5, 5.41) is 28.7. The van der Waals surface area contributed by atoms with Gasteiger partial charge in [0.15, 0.2) is 0 Å². The van der Waals surface area contributed by atoms with Crippen molar-refractivity contribution in [2.75, 3.05) is 83.0 Å². The van der Waals surface area contributed by atoms with Crippen LogP contribution in [0.5, 0.6) is 0 Å². The van der Waals surface area contributed by atoms with E-state index < -0.39 is 6.04 Å². The molecule has 0 aliphatic carbocycles. The normalized spacial score (nSPS) is 17.9. The molecule has 6 amide bonds. The van der Waals surface area contributed by atoms with Crippen molar-refractivity contribution < 1.29 is 28.8 Å². The Kier molecular flexibility index (Phi) is 36.7. The molecule has 0 saturated carbocycles. The van der Waals surface area contributed by atoms with Gasteiger partial charge in [0, 0.05) is 141 Å². The lowest BCUT2D eigenvalue weighted by Crippen LogP contribution is -2.50. The zero-order chi connectivity index (χ0) is 86.0. The van der Waals surface area contributed by atoms with Crippen molar-refractivity contribution in [2.24, 2.45) is 0 Å². The molecule has 8 atom stereocenters. The number of carbonyl (C=O) groups is 6. The van der Waals surface area contributed by atoms with Gasteiger partial charge in [-0.25, -0.2) is 0 Å². The van der Waals surface area contributed by atoms with Gasteiger partial charge >= 0.3 is 0 Å². The van der Waals surface area contributed by atoms with E-state index in [9.17, 15) is 28.8 Å². The molecule has 122 heavy (non-hydrogen) atoms. The largest absolute Gasteiger partial charge is 0.399 e. The predicted octanol–water partition coefficient (Wildman–Crippen LogP) is 17.3. The summed E-state index contributed by atoms with van der Waals surface area (Å²) in [5.41, 5.74) is 16.7. The van der Waals surface area contributed by atoms with Gasteiger partial charge in [-0.15, -0.1) is 0 Å². The van der Waals surface area contributed by atoms with Crippen LogP contribution in [-0.2, 0) is 32.1 Å². The lowest BCUT2D eigenvalue weighted by atomic mass is 9.90. The van der Waals surface area contributed by atoms with E-state index in [1.165, 1.54) is 33.9 Å². The molecule has 0 radical (unpaired) electrons. The number of nitrogens with zero attached hydrogens (tertiary/aromatic N) is 3. The molecule has 3 heterocycles. The Morgan fingerprint density at radius 1 is 0.451 bits per heavy atom. The van der Waals surface area contributed by atoms with Gasteiger partial charge in [0.2, 0.25) is 23.6 Å². The van der Waals surface area contributed by atoms with Gasteiger partial charge in [-0.1, -0.05) is 272 Å². The van der Waals surface area contributed by atoms with E-state index in [2.05, 4.69) is 141 Å². The maximum atomic E-state index is 14.1. The molecule has 10 N–H and O–H groups in total. The number of hydrogen-bond donors (Lipinski definition) is 9. The van der Waals surface area contributed by atoms with Gasteiger partial charge < -0.3 is 63.0 Å². The standard InChI is InChI=1S/C36H37ClN4O2.C32H38Cl2N4O2.C31H36Cl2N4O2/c37-30-18-15-26(16-19-30)17-20-35(42)39-24-31-21-22-41(36(43)34(40-31)23-29-13-7-8-14-33(29)38)25-32(27-9-3-1-4-10-27)28-11-5-2-6-12-28;1-2-24(25-11-7-4-8-12-25)22-38-18-16-27(21-36-31(39)26-13-14-28(33)29(34)19-26)37-30(32(38)40)15-17-35-20-23-9-5-3-6-10-23;1-2-22(23-9-5-3-6-10-23)21-37-18-16-26(20-35-30(38)24-13-14-27(32)28(33)19-24)36-29(31(37)39)15-17-34-25-11-7-4-8-12-25/h1-20,31-32,34,40H,21-25,38H2,(H,39,42);3-14,19,24,27,30,35,37H,2,15-18,20-22H2,1H3,(H,36,39);3-14,19,22,26,29,34,36H,2,15-18,20-21H2,1H3,(H,35,38)/b20-17+;;/t31-,34-;24-,27+,30+;22-,26+,29+/m011/s1. The summed E-state index contributed by atoms with van der Waals surface area (Å²) in [7, 11) is 0. The Hall–Kier alpha value is -10.4. The third-order valence-corrected chi connectivity index (χ3v) is 24.3. The topological polar surface area (TPSA) is 234 Å². The highest BCUT2D eigenvalue weighted by atomic mass is 35.5. The SMILES string of the molecule is CC[C@H](CN1CC[C@@H](CNC(=O)c2ccc(Cl)c(Cl)c2)N[C@@H](CCNCc2ccccc2)C1=O)c1ccccc1.CC[C@H](CN1CC[C@@H](CNC(=O)c2ccc(Cl)c(Cl)c2)N[C@@H](CCNc2ccccc2)C1=O)c1ccccc1.Nc1ccccc1C[C@@H]1N[C@H](CNC(=O)/C=C/c2ccc(Cl)cc2)CCN(CC(c2ccccc2)c2ccccc2)C1=O. The summed E-state index contributed by atoms with van der Waals surface area (Å²) < 4.78 is 0. The fourth-order valence-electron chi connectivity index (χ4n) is 15.6. The number of carbonyl (C=O) groups excluding carboxylic acids is 6. The fourth-order valence-corrected chi connectivity index (χ4v) is 16.3. The second-order valence-electron chi connectivity index (χ2n) is 31.1. The van der Waals surface area contributed by atoms with Gasteiger partial charge in [-0.05, 0) is 170 Å². The molecule has 18 nitrogen and oxygen atoms in total. The number of nitrogen functional groups attached to an aromatic ring is 1. The lowest BCUT2D eigenvalue weighted by molar-refractivity contribution is -0.133. The van der Waals surface area contributed by atoms with Crippen molar-refractivity contribution in [3.63, 3.8) is 0 Å². The number of nitrogens with one attached hydrogen (secondary N) is 8. The molecule has 10 aromatic rings. The van der Waals surface area contributed by atoms with E-state index in [-0.39, 0.29) is 83.4 Å². The van der Waals surface area contributed by atoms with Gasteiger partial charge in [0.05, 0.1) is 38.2 Å². The number of halogens is 5. The number of amides is 6. The van der Waals surface area contributed by atoms with Gasteiger partial charge in [-0.3, -0.25) is 28.8 Å². The third-order valence-electron chi connectivity index (χ3n) is 22.6. The van der Waals surface area contributed by atoms with Crippen molar-refractivity contribution >= 4 is 111 Å².